The number of nitrogens with one attached hydrogen (secondary N) is 1. The molecule has 21 heavy (non-hydrogen) atoms. The minimum absolute atomic E-state index is 0.0760. The number of hydrogen-bond acceptors (Lipinski definition) is 4. The average Bonchev–Trinajstić information content (AvgIpc) is 2.29. The van der Waals surface area contributed by atoms with Gasteiger partial charge in [0.2, 0.25) is 10.0 Å². The topological polar surface area (TPSA) is 104 Å². The highest BCUT2D eigenvalue weighted by Crippen LogP contribution is 2.25. The van der Waals surface area contributed by atoms with Crippen LogP contribution < -0.4 is 4.72 Å². The van der Waals surface area contributed by atoms with Crippen molar-refractivity contribution < 1.29 is 23.4 Å². The van der Waals surface area contributed by atoms with E-state index in [0.29, 0.717) is 10.0 Å². The molecule has 0 heterocycles. The first-order valence-electron chi connectivity index (χ1n) is 6.28. The van der Waals surface area contributed by atoms with Crippen LogP contribution in [0.5, 0.6) is 0 Å². The fraction of sp³-hybridized carbons (Fsp3) is 0.462. The molecule has 0 aromatic heterocycles. The van der Waals surface area contributed by atoms with Gasteiger partial charge in [0.25, 0.3) is 0 Å². The van der Waals surface area contributed by atoms with Crippen molar-refractivity contribution in [3.05, 3.63) is 27.7 Å². The van der Waals surface area contributed by atoms with E-state index < -0.39 is 28.1 Å². The zero-order chi connectivity index (χ0) is 16.4. The molecule has 2 atom stereocenters. The molecule has 3 N–H and O–H groups in total. The highest BCUT2D eigenvalue weighted by atomic mass is 79.9. The Kier molecular flexibility index (Phi) is 5.92. The van der Waals surface area contributed by atoms with E-state index in [0.717, 1.165) is 6.07 Å². The molecular weight excluding hydrogens is 362 g/mol. The molecule has 0 amide bonds. The summed E-state index contributed by atoms with van der Waals surface area (Å²) < 4.78 is 27.3. The SMILES string of the molecule is Cc1c(Br)cc(S(=O)(=O)NC(C)CC(C)O)cc1C(=O)O. The van der Waals surface area contributed by atoms with Crippen LogP contribution in [-0.2, 0) is 10.0 Å². The standard InChI is InChI=1S/C13H18BrNO5S/c1-7(4-8(2)16)15-21(19,20)10-5-11(13(17)18)9(3)12(14)6-10/h5-8,15-16H,4H2,1-3H3,(H,17,18). The predicted octanol–water partition coefficient (Wildman–Crippen LogP) is 1.89. The highest BCUT2D eigenvalue weighted by molar-refractivity contribution is 9.10. The summed E-state index contributed by atoms with van der Waals surface area (Å²) in [6, 6.07) is 2.02. The van der Waals surface area contributed by atoms with Gasteiger partial charge in [-0.05, 0) is 44.9 Å². The summed E-state index contributed by atoms with van der Waals surface area (Å²) in [7, 11) is -3.85. The smallest absolute Gasteiger partial charge is 0.336 e. The van der Waals surface area contributed by atoms with Crippen LogP contribution in [0.25, 0.3) is 0 Å². The van der Waals surface area contributed by atoms with Gasteiger partial charge in [-0.1, -0.05) is 15.9 Å². The Balaban J connectivity index is 3.17. The van der Waals surface area contributed by atoms with E-state index in [2.05, 4.69) is 20.7 Å². The van der Waals surface area contributed by atoms with Gasteiger partial charge < -0.3 is 10.2 Å². The monoisotopic (exact) mass is 379 g/mol. The van der Waals surface area contributed by atoms with E-state index in [9.17, 15) is 18.3 Å². The van der Waals surface area contributed by atoms with Crippen LogP contribution in [0.1, 0.15) is 36.2 Å². The molecule has 0 radical (unpaired) electrons. The van der Waals surface area contributed by atoms with Crippen LogP contribution in [0.4, 0.5) is 0 Å². The molecular formula is C13H18BrNO5S. The molecule has 2 unspecified atom stereocenters. The van der Waals surface area contributed by atoms with Gasteiger partial charge in [-0.2, -0.15) is 0 Å². The lowest BCUT2D eigenvalue weighted by molar-refractivity contribution is 0.0695. The first-order chi connectivity index (χ1) is 9.54. The summed E-state index contributed by atoms with van der Waals surface area (Å²) in [5.41, 5.74) is 0.381. The highest BCUT2D eigenvalue weighted by Gasteiger charge is 2.22. The molecule has 0 spiro atoms. The number of carbonyl (C=O) groups is 1. The second-order valence-electron chi connectivity index (χ2n) is 4.99. The van der Waals surface area contributed by atoms with E-state index in [1.165, 1.54) is 6.07 Å². The Labute approximate surface area is 132 Å². The number of aromatic carboxylic acids is 1. The molecule has 6 nitrogen and oxygen atoms in total. The lowest BCUT2D eigenvalue weighted by Gasteiger charge is -2.16. The van der Waals surface area contributed by atoms with Crippen molar-refractivity contribution in [3.8, 4) is 0 Å². The van der Waals surface area contributed by atoms with Crippen LogP contribution >= 0.6 is 15.9 Å². The summed E-state index contributed by atoms with van der Waals surface area (Å²) >= 11 is 3.17. The molecule has 0 bridgehead atoms. The largest absolute Gasteiger partial charge is 0.478 e. The normalized spacial score (nSPS) is 14.7. The number of sulfonamides is 1. The molecule has 1 rings (SSSR count). The van der Waals surface area contributed by atoms with Crippen LogP contribution in [-0.4, -0.2) is 36.7 Å². The van der Waals surface area contributed by atoms with E-state index in [1.807, 2.05) is 0 Å². The second kappa shape index (κ2) is 6.87. The van der Waals surface area contributed by atoms with Crippen LogP contribution in [0.3, 0.4) is 0 Å². The first kappa shape index (κ1) is 18.1. The maximum Gasteiger partial charge on any atom is 0.336 e. The maximum absolute atomic E-state index is 12.3. The number of aliphatic hydroxyl groups excluding tert-OH is 1. The summed E-state index contributed by atoms with van der Waals surface area (Å²) in [6.07, 6.45) is -0.375. The Morgan fingerprint density at radius 2 is 1.95 bits per heavy atom. The van der Waals surface area contributed by atoms with Gasteiger partial charge in [0, 0.05) is 10.5 Å². The summed E-state index contributed by atoms with van der Waals surface area (Å²) in [5, 5.41) is 18.4. The van der Waals surface area contributed by atoms with Gasteiger partial charge in [0.1, 0.15) is 0 Å². The summed E-state index contributed by atoms with van der Waals surface area (Å²) in [4.78, 5) is 11.0. The lowest BCUT2D eigenvalue weighted by Crippen LogP contribution is -2.34. The van der Waals surface area contributed by atoms with E-state index in [1.54, 1.807) is 20.8 Å². The van der Waals surface area contributed by atoms with Gasteiger partial charge in [0.05, 0.1) is 16.6 Å². The van der Waals surface area contributed by atoms with Gasteiger partial charge in [-0.3, -0.25) is 0 Å². The molecule has 118 valence electrons. The Hall–Kier alpha value is -0.960. The Morgan fingerprint density at radius 3 is 2.43 bits per heavy atom. The third-order valence-electron chi connectivity index (χ3n) is 2.91. The molecule has 0 aliphatic carbocycles. The first-order valence-corrected chi connectivity index (χ1v) is 8.56. The minimum atomic E-state index is -3.85. The number of aliphatic hydroxyl groups is 1. The van der Waals surface area contributed by atoms with Gasteiger partial charge >= 0.3 is 5.97 Å². The van der Waals surface area contributed by atoms with E-state index >= 15 is 0 Å². The second-order valence-corrected chi connectivity index (χ2v) is 7.56. The van der Waals surface area contributed by atoms with Gasteiger partial charge in [-0.25, -0.2) is 17.9 Å². The van der Waals surface area contributed by atoms with E-state index in [4.69, 9.17) is 5.11 Å². The third-order valence-corrected chi connectivity index (χ3v) is 5.30. The van der Waals surface area contributed by atoms with Crippen molar-refractivity contribution in [1.29, 1.82) is 0 Å². The lowest BCUT2D eigenvalue weighted by atomic mass is 10.1. The third kappa shape index (κ3) is 4.77. The zero-order valence-electron chi connectivity index (χ0n) is 11.9. The number of rotatable bonds is 6. The molecule has 1 aromatic rings. The zero-order valence-corrected chi connectivity index (χ0v) is 14.3. The minimum Gasteiger partial charge on any atom is -0.478 e. The average molecular weight is 380 g/mol. The summed E-state index contributed by atoms with van der Waals surface area (Å²) in [5.74, 6) is -1.19. The number of halogens is 1. The number of benzene rings is 1. The van der Waals surface area contributed by atoms with Crippen molar-refractivity contribution in [2.75, 3.05) is 0 Å². The predicted molar refractivity (Wildman–Crippen MR) is 81.9 cm³/mol. The van der Waals surface area contributed by atoms with Gasteiger partial charge in [0.15, 0.2) is 0 Å². The molecule has 0 aliphatic heterocycles. The fourth-order valence-electron chi connectivity index (χ4n) is 1.92. The fourth-order valence-corrected chi connectivity index (χ4v) is 3.84. The number of hydrogen-bond donors (Lipinski definition) is 3. The quantitative estimate of drug-likeness (QED) is 0.699. The van der Waals surface area contributed by atoms with Crippen molar-refractivity contribution in [2.45, 2.75) is 44.2 Å². The number of carboxylic acids is 1. The molecule has 0 saturated carbocycles. The van der Waals surface area contributed by atoms with Crippen molar-refractivity contribution in [3.63, 3.8) is 0 Å². The van der Waals surface area contributed by atoms with Crippen molar-refractivity contribution in [2.24, 2.45) is 0 Å². The molecule has 8 heteroatoms. The van der Waals surface area contributed by atoms with E-state index in [-0.39, 0.29) is 16.9 Å². The van der Waals surface area contributed by atoms with Crippen molar-refractivity contribution >= 4 is 31.9 Å². The van der Waals surface area contributed by atoms with Crippen LogP contribution in [0, 0.1) is 6.92 Å². The molecule has 0 saturated heterocycles. The van der Waals surface area contributed by atoms with Crippen LogP contribution in [0.2, 0.25) is 0 Å². The van der Waals surface area contributed by atoms with Crippen molar-refractivity contribution in [1.82, 2.24) is 4.72 Å². The van der Waals surface area contributed by atoms with Gasteiger partial charge in [-0.15, -0.1) is 0 Å². The van der Waals surface area contributed by atoms with Crippen LogP contribution in [0.15, 0.2) is 21.5 Å². The Morgan fingerprint density at radius 1 is 1.38 bits per heavy atom. The molecule has 0 fully saturated rings. The molecule has 1 aromatic carbocycles. The maximum atomic E-state index is 12.3. The summed E-state index contributed by atoms with van der Waals surface area (Å²) in [6.45, 7) is 4.79. The molecule has 0 aliphatic rings. The number of carboxylic acid groups (broad SMARTS) is 1. The Bertz CT molecular complexity index is 642.